The number of carbonyl (C=O) groups is 2. The van der Waals surface area contributed by atoms with Gasteiger partial charge in [0.25, 0.3) is 5.91 Å². The van der Waals surface area contributed by atoms with E-state index in [1.165, 1.54) is 18.3 Å². The lowest BCUT2D eigenvalue weighted by molar-refractivity contribution is -0.121. The first kappa shape index (κ1) is 16.4. The fraction of sp³-hybridized carbons (Fsp3) is 0.176. The maximum Gasteiger partial charge on any atom is 0.274 e. The molecule has 0 bridgehead atoms. The minimum Gasteiger partial charge on any atom is -0.321 e. The van der Waals surface area contributed by atoms with Crippen LogP contribution in [0.4, 0.5) is 11.4 Å². The van der Waals surface area contributed by atoms with E-state index in [2.05, 4.69) is 26.0 Å². The molecule has 3 rings (SSSR count). The smallest absolute Gasteiger partial charge is 0.274 e. The normalized spacial score (nSPS) is 16.6. The first-order valence-electron chi connectivity index (χ1n) is 7.64. The van der Waals surface area contributed by atoms with E-state index in [1.807, 2.05) is 19.1 Å². The highest BCUT2D eigenvalue weighted by atomic mass is 16.3. The van der Waals surface area contributed by atoms with Crippen LogP contribution in [-0.4, -0.2) is 22.5 Å². The maximum absolute atomic E-state index is 12.2. The Kier molecular flexibility index (Phi) is 4.60. The van der Waals surface area contributed by atoms with Crippen molar-refractivity contribution in [3.05, 3.63) is 58.8 Å². The quantitative estimate of drug-likeness (QED) is 0.835. The highest BCUT2D eigenvalue weighted by Gasteiger charge is 2.21. The predicted molar refractivity (Wildman–Crippen MR) is 92.5 cm³/mol. The second kappa shape index (κ2) is 7.00. The molecule has 2 heterocycles. The van der Waals surface area contributed by atoms with Crippen LogP contribution in [0, 0.1) is 10.8 Å². The molecule has 0 aliphatic carbocycles. The van der Waals surface area contributed by atoms with Crippen LogP contribution in [0.3, 0.4) is 0 Å². The number of nitrogens with one attached hydrogen (secondary N) is 2. The number of carbonyl (C=O) groups excluding carboxylic acids is 2. The number of anilines is 1. The first-order chi connectivity index (χ1) is 12.1. The molecule has 1 unspecified atom stereocenters. The van der Waals surface area contributed by atoms with E-state index >= 15 is 0 Å². The summed E-state index contributed by atoms with van der Waals surface area (Å²) in [5.41, 5.74) is 4.97. The van der Waals surface area contributed by atoms with Gasteiger partial charge in [0.2, 0.25) is 5.91 Å². The lowest BCUT2D eigenvalue weighted by Gasteiger charge is -2.19. The van der Waals surface area contributed by atoms with Gasteiger partial charge in [-0.25, -0.2) is 5.43 Å². The molecule has 8 heteroatoms. The summed E-state index contributed by atoms with van der Waals surface area (Å²) in [5, 5.41) is 9.59. The van der Waals surface area contributed by atoms with Gasteiger partial charge in [0.1, 0.15) is 11.4 Å². The molecular formula is C17H15N5O3. The SMILES string of the molecule is CC1CC(=O)NN=C1c1ccc(NC(=O)c2cc(N=O)ccn2)cc1. The van der Waals surface area contributed by atoms with Crippen LogP contribution in [0.5, 0.6) is 0 Å². The molecule has 0 saturated carbocycles. The van der Waals surface area contributed by atoms with Crippen LogP contribution in [0.2, 0.25) is 0 Å². The number of aromatic nitrogens is 1. The maximum atomic E-state index is 12.2. The van der Waals surface area contributed by atoms with Crippen LogP contribution < -0.4 is 10.7 Å². The minimum absolute atomic E-state index is 0.0250. The predicted octanol–water partition coefficient (Wildman–Crippen LogP) is 2.59. The van der Waals surface area contributed by atoms with E-state index in [4.69, 9.17) is 0 Å². The monoisotopic (exact) mass is 337 g/mol. The molecule has 2 amide bonds. The fourth-order valence-corrected chi connectivity index (χ4v) is 2.52. The number of nitroso groups, excluding NO2 is 1. The molecule has 0 radical (unpaired) electrons. The van der Waals surface area contributed by atoms with Gasteiger partial charge in [-0.2, -0.15) is 5.10 Å². The summed E-state index contributed by atoms with van der Waals surface area (Å²) in [4.78, 5) is 37.9. The molecule has 0 fully saturated rings. The summed E-state index contributed by atoms with van der Waals surface area (Å²) in [7, 11) is 0. The molecule has 2 aromatic rings. The number of pyridine rings is 1. The van der Waals surface area contributed by atoms with Crippen molar-refractivity contribution >= 4 is 28.9 Å². The van der Waals surface area contributed by atoms with Gasteiger partial charge in [-0.3, -0.25) is 14.6 Å². The number of hydrogen-bond acceptors (Lipinski definition) is 6. The average molecular weight is 337 g/mol. The van der Waals surface area contributed by atoms with Crippen LogP contribution in [0.15, 0.2) is 52.9 Å². The van der Waals surface area contributed by atoms with Gasteiger partial charge < -0.3 is 5.32 Å². The van der Waals surface area contributed by atoms with E-state index < -0.39 is 5.91 Å². The summed E-state index contributed by atoms with van der Waals surface area (Å²) in [5.74, 6) is -0.509. The molecule has 126 valence electrons. The number of benzene rings is 1. The summed E-state index contributed by atoms with van der Waals surface area (Å²) >= 11 is 0. The largest absolute Gasteiger partial charge is 0.321 e. The Balaban J connectivity index is 1.73. The summed E-state index contributed by atoms with van der Waals surface area (Å²) in [6.45, 7) is 1.94. The Morgan fingerprint density at radius 2 is 2.04 bits per heavy atom. The standard InChI is InChI=1S/C17H15N5O3/c1-10-8-15(23)20-21-16(10)11-2-4-12(5-3-11)19-17(24)14-9-13(22-25)6-7-18-14/h2-7,9-10H,8H2,1H3,(H,19,24)(H,20,23). The van der Waals surface area contributed by atoms with E-state index in [0.29, 0.717) is 12.1 Å². The number of rotatable bonds is 4. The average Bonchev–Trinajstić information content (AvgIpc) is 2.62. The van der Waals surface area contributed by atoms with Crippen LogP contribution in [0.1, 0.15) is 29.4 Å². The molecule has 1 aromatic heterocycles. The molecular weight excluding hydrogens is 322 g/mol. The van der Waals surface area contributed by atoms with Crippen molar-refractivity contribution < 1.29 is 9.59 Å². The summed E-state index contributed by atoms with van der Waals surface area (Å²) < 4.78 is 0. The van der Waals surface area contributed by atoms with Gasteiger partial charge in [-0.1, -0.05) is 19.1 Å². The van der Waals surface area contributed by atoms with Crippen molar-refractivity contribution in [1.82, 2.24) is 10.4 Å². The van der Waals surface area contributed by atoms with Gasteiger partial charge in [0, 0.05) is 24.2 Å². The van der Waals surface area contributed by atoms with Crippen molar-refractivity contribution in [2.45, 2.75) is 13.3 Å². The number of amides is 2. The topological polar surface area (TPSA) is 113 Å². The number of hydrazone groups is 1. The van der Waals surface area contributed by atoms with Gasteiger partial charge in [-0.15, -0.1) is 4.91 Å². The Morgan fingerprint density at radius 3 is 2.72 bits per heavy atom. The Hall–Kier alpha value is -3.42. The molecule has 1 aliphatic rings. The van der Waals surface area contributed by atoms with Gasteiger partial charge >= 0.3 is 0 Å². The van der Waals surface area contributed by atoms with Crippen LogP contribution >= 0.6 is 0 Å². The zero-order chi connectivity index (χ0) is 17.8. The second-order valence-electron chi connectivity index (χ2n) is 5.66. The zero-order valence-corrected chi connectivity index (χ0v) is 13.4. The van der Waals surface area contributed by atoms with Crippen LogP contribution in [0.25, 0.3) is 0 Å². The lowest BCUT2D eigenvalue weighted by atomic mass is 9.94. The Morgan fingerprint density at radius 1 is 1.28 bits per heavy atom. The van der Waals surface area contributed by atoms with E-state index in [0.717, 1.165) is 11.3 Å². The lowest BCUT2D eigenvalue weighted by Crippen LogP contribution is -2.31. The third-order valence-electron chi connectivity index (χ3n) is 3.78. The molecule has 8 nitrogen and oxygen atoms in total. The first-order valence-corrected chi connectivity index (χ1v) is 7.64. The molecule has 2 N–H and O–H groups in total. The van der Waals surface area contributed by atoms with Crippen molar-refractivity contribution in [2.75, 3.05) is 5.32 Å². The number of hydrogen-bond donors (Lipinski definition) is 2. The molecule has 0 spiro atoms. The highest BCUT2D eigenvalue weighted by Crippen LogP contribution is 2.19. The van der Waals surface area contributed by atoms with Crippen molar-refractivity contribution in [3.63, 3.8) is 0 Å². The molecule has 0 saturated heterocycles. The van der Waals surface area contributed by atoms with Gasteiger partial charge in [0.05, 0.1) is 5.71 Å². The molecule has 1 atom stereocenters. The third-order valence-corrected chi connectivity index (χ3v) is 3.78. The van der Waals surface area contributed by atoms with E-state index in [1.54, 1.807) is 12.1 Å². The van der Waals surface area contributed by atoms with Crippen molar-refractivity contribution in [3.8, 4) is 0 Å². The van der Waals surface area contributed by atoms with Crippen molar-refractivity contribution in [1.29, 1.82) is 0 Å². The second-order valence-corrected chi connectivity index (χ2v) is 5.66. The summed E-state index contributed by atoms with van der Waals surface area (Å²) in [6.07, 6.45) is 1.75. The van der Waals surface area contributed by atoms with Crippen molar-refractivity contribution in [2.24, 2.45) is 16.2 Å². The molecule has 25 heavy (non-hydrogen) atoms. The molecule has 1 aliphatic heterocycles. The van der Waals surface area contributed by atoms with Gasteiger partial charge in [0.15, 0.2) is 0 Å². The van der Waals surface area contributed by atoms with E-state index in [9.17, 15) is 14.5 Å². The summed E-state index contributed by atoms with van der Waals surface area (Å²) in [6, 6.07) is 9.85. The zero-order valence-electron chi connectivity index (χ0n) is 13.4. The van der Waals surface area contributed by atoms with E-state index in [-0.39, 0.29) is 23.2 Å². The molecule has 1 aromatic carbocycles. The third kappa shape index (κ3) is 3.74. The van der Waals surface area contributed by atoms with Gasteiger partial charge in [-0.05, 0) is 35.0 Å². The highest BCUT2D eigenvalue weighted by molar-refractivity contribution is 6.06. The Bertz CT molecular complexity index is 861. The minimum atomic E-state index is -0.436. The fourth-order valence-electron chi connectivity index (χ4n) is 2.52. The van der Waals surface area contributed by atoms with Crippen LogP contribution in [-0.2, 0) is 4.79 Å². The Labute approximate surface area is 143 Å². The number of nitrogens with zero attached hydrogens (tertiary/aromatic N) is 3.